The molecule has 1 aliphatic carbocycles. The Morgan fingerprint density at radius 3 is 2.48 bits per heavy atom. The van der Waals surface area contributed by atoms with Gasteiger partial charge in [-0.05, 0) is 25.0 Å². The van der Waals surface area contributed by atoms with Gasteiger partial charge >= 0.3 is 0 Å². The predicted octanol–water partition coefficient (Wildman–Crippen LogP) is 3.56. The summed E-state index contributed by atoms with van der Waals surface area (Å²) in [7, 11) is 0. The predicted molar refractivity (Wildman–Crippen MR) is 76.2 cm³/mol. The first-order valence-corrected chi connectivity index (χ1v) is 7.58. The van der Waals surface area contributed by atoms with E-state index < -0.39 is 6.43 Å². The average molecular weight is 297 g/mol. The van der Waals surface area contributed by atoms with Crippen LogP contribution in [0.15, 0.2) is 12.1 Å². The van der Waals surface area contributed by atoms with Gasteiger partial charge in [-0.25, -0.2) is 8.78 Å². The Balaban J connectivity index is 2.12. The van der Waals surface area contributed by atoms with E-state index in [0.29, 0.717) is 31.3 Å². The van der Waals surface area contributed by atoms with Gasteiger partial charge in [-0.2, -0.15) is 0 Å². The van der Waals surface area contributed by atoms with Gasteiger partial charge in [-0.15, -0.1) is 0 Å². The molecule has 0 aromatic heterocycles. The molecule has 0 amide bonds. The van der Waals surface area contributed by atoms with Crippen molar-refractivity contribution in [3.63, 3.8) is 0 Å². The maximum atomic E-state index is 13.2. The number of benzene rings is 1. The normalized spacial score (nSPS) is 20.6. The fourth-order valence-electron chi connectivity index (χ4n) is 3.51. The van der Waals surface area contributed by atoms with Gasteiger partial charge in [0.05, 0.1) is 0 Å². The summed E-state index contributed by atoms with van der Waals surface area (Å²) in [4.78, 5) is 0. The van der Waals surface area contributed by atoms with Crippen molar-refractivity contribution in [3.05, 3.63) is 23.3 Å². The number of ether oxygens (including phenoxy) is 2. The zero-order chi connectivity index (χ0) is 14.9. The monoisotopic (exact) mass is 297 g/mol. The van der Waals surface area contributed by atoms with E-state index in [-0.39, 0.29) is 11.0 Å². The lowest BCUT2D eigenvalue weighted by Crippen LogP contribution is -2.38. The zero-order valence-electron chi connectivity index (χ0n) is 12.0. The third kappa shape index (κ3) is 2.59. The first kappa shape index (κ1) is 14.6. The topological polar surface area (TPSA) is 44.5 Å². The van der Waals surface area contributed by atoms with E-state index in [2.05, 4.69) is 0 Å². The molecule has 21 heavy (non-hydrogen) atoms. The molecule has 5 heteroatoms. The SMILES string of the molecule is NCC1(c2cc(C(F)F)cc3c2OCCO3)CCCCC1. The van der Waals surface area contributed by atoms with Crippen molar-refractivity contribution in [1.29, 1.82) is 0 Å². The molecule has 3 nitrogen and oxygen atoms in total. The van der Waals surface area contributed by atoms with Crippen LogP contribution in [0.3, 0.4) is 0 Å². The number of hydrogen-bond acceptors (Lipinski definition) is 3. The number of hydrogen-bond donors (Lipinski definition) is 1. The average Bonchev–Trinajstić information content (AvgIpc) is 2.54. The molecular formula is C16H21F2NO2. The molecule has 0 saturated heterocycles. The van der Waals surface area contributed by atoms with Gasteiger partial charge < -0.3 is 15.2 Å². The third-order valence-corrected chi connectivity index (χ3v) is 4.69. The maximum Gasteiger partial charge on any atom is 0.263 e. The Kier molecular flexibility index (Phi) is 4.02. The molecule has 1 aromatic rings. The molecule has 1 fully saturated rings. The lowest BCUT2D eigenvalue weighted by atomic mass is 9.68. The molecule has 1 aliphatic heterocycles. The summed E-state index contributed by atoms with van der Waals surface area (Å²) in [6.45, 7) is 1.30. The number of nitrogens with two attached hydrogens (primary N) is 1. The second kappa shape index (κ2) is 5.79. The molecule has 1 saturated carbocycles. The minimum absolute atomic E-state index is 0.00681. The fraction of sp³-hybridized carbons (Fsp3) is 0.625. The standard InChI is InChI=1S/C16H21F2NO2/c17-15(18)11-8-12(14-13(9-11)20-6-7-21-14)16(10-19)4-2-1-3-5-16/h8-9,15H,1-7,10,19H2. The van der Waals surface area contributed by atoms with Gasteiger partial charge in [0.1, 0.15) is 13.2 Å². The van der Waals surface area contributed by atoms with E-state index >= 15 is 0 Å². The molecule has 116 valence electrons. The lowest BCUT2D eigenvalue weighted by molar-refractivity contribution is 0.144. The smallest absolute Gasteiger partial charge is 0.263 e. The summed E-state index contributed by atoms with van der Waals surface area (Å²) in [5, 5.41) is 0. The van der Waals surface area contributed by atoms with E-state index in [0.717, 1.165) is 31.2 Å². The lowest BCUT2D eigenvalue weighted by Gasteiger charge is -2.39. The van der Waals surface area contributed by atoms with Crippen LogP contribution in [0.25, 0.3) is 0 Å². The first-order chi connectivity index (χ1) is 10.2. The third-order valence-electron chi connectivity index (χ3n) is 4.69. The minimum atomic E-state index is -2.52. The summed E-state index contributed by atoms with van der Waals surface area (Å²) in [5.41, 5.74) is 6.60. The van der Waals surface area contributed by atoms with Crippen LogP contribution in [0.4, 0.5) is 8.78 Å². The van der Waals surface area contributed by atoms with Crippen molar-refractivity contribution in [2.45, 2.75) is 43.9 Å². The zero-order valence-corrected chi connectivity index (χ0v) is 12.0. The second-order valence-corrected chi connectivity index (χ2v) is 5.94. The van der Waals surface area contributed by atoms with Crippen molar-refractivity contribution >= 4 is 0 Å². The van der Waals surface area contributed by atoms with Crippen LogP contribution in [0.2, 0.25) is 0 Å². The largest absolute Gasteiger partial charge is 0.486 e. The van der Waals surface area contributed by atoms with Crippen molar-refractivity contribution in [1.82, 2.24) is 0 Å². The van der Waals surface area contributed by atoms with E-state index in [1.165, 1.54) is 12.5 Å². The van der Waals surface area contributed by atoms with Crippen LogP contribution in [-0.2, 0) is 5.41 Å². The van der Waals surface area contributed by atoms with Gasteiger partial charge in [0.2, 0.25) is 0 Å². The van der Waals surface area contributed by atoms with Gasteiger partial charge in [-0.1, -0.05) is 19.3 Å². The molecule has 0 bridgehead atoms. The summed E-state index contributed by atoms with van der Waals surface area (Å²) < 4.78 is 37.7. The molecule has 2 N–H and O–H groups in total. The second-order valence-electron chi connectivity index (χ2n) is 5.94. The Morgan fingerprint density at radius 2 is 1.81 bits per heavy atom. The van der Waals surface area contributed by atoms with Gasteiger partial charge in [0.15, 0.2) is 11.5 Å². The van der Waals surface area contributed by atoms with Crippen LogP contribution in [-0.4, -0.2) is 19.8 Å². The molecule has 0 radical (unpaired) electrons. The molecule has 1 aromatic carbocycles. The van der Waals surface area contributed by atoms with Crippen molar-refractivity contribution in [2.24, 2.45) is 5.73 Å². The first-order valence-electron chi connectivity index (χ1n) is 7.58. The van der Waals surface area contributed by atoms with E-state index in [1.54, 1.807) is 6.07 Å². The Morgan fingerprint density at radius 1 is 1.10 bits per heavy atom. The molecule has 2 aliphatic rings. The Hall–Kier alpha value is -1.36. The molecular weight excluding hydrogens is 276 g/mol. The fourth-order valence-corrected chi connectivity index (χ4v) is 3.51. The van der Waals surface area contributed by atoms with Crippen LogP contribution < -0.4 is 15.2 Å². The summed E-state index contributed by atoms with van der Waals surface area (Å²) >= 11 is 0. The highest BCUT2D eigenvalue weighted by atomic mass is 19.3. The molecule has 0 atom stereocenters. The molecule has 0 unspecified atom stereocenters. The van der Waals surface area contributed by atoms with Crippen molar-refractivity contribution < 1.29 is 18.3 Å². The quantitative estimate of drug-likeness (QED) is 0.928. The maximum absolute atomic E-state index is 13.2. The minimum Gasteiger partial charge on any atom is -0.486 e. The van der Waals surface area contributed by atoms with Crippen molar-refractivity contribution in [2.75, 3.05) is 19.8 Å². The molecule has 3 rings (SSSR count). The Bertz CT molecular complexity index is 513. The van der Waals surface area contributed by atoms with E-state index in [4.69, 9.17) is 15.2 Å². The Labute approximate surface area is 123 Å². The number of halogens is 2. The molecule has 0 spiro atoms. The molecule has 1 heterocycles. The highest BCUT2D eigenvalue weighted by molar-refractivity contribution is 5.54. The summed E-state index contributed by atoms with van der Waals surface area (Å²) in [6, 6.07) is 2.98. The van der Waals surface area contributed by atoms with Gasteiger partial charge in [0, 0.05) is 23.1 Å². The van der Waals surface area contributed by atoms with Crippen LogP contribution >= 0.6 is 0 Å². The number of alkyl halides is 2. The highest BCUT2D eigenvalue weighted by Gasteiger charge is 2.37. The van der Waals surface area contributed by atoms with Crippen LogP contribution in [0, 0.1) is 0 Å². The number of fused-ring (bicyclic) bond motifs is 1. The van der Waals surface area contributed by atoms with Crippen molar-refractivity contribution in [3.8, 4) is 11.5 Å². The summed E-state index contributed by atoms with van der Waals surface area (Å²) in [6.07, 6.45) is 2.66. The van der Waals surface area contributed by atoms with E-state index in [1.807, 2.05) is 0 Å². The highest BCUT2D eigenvalue weighted by Crippen LogP contribution is 2.48. The number of rotatable bonds is 3. The van der Waals surface area contributed by atoms with Gasteiger partial charge in [-0.3, -0.25) is 0 Å². The van der Waals surface area contributed by atoms with Gasteiger partial charge in [0.25, 0.3) is 6.43 Å². The van der Waals surface area contributed by atoms with Crippen LogP contribution in [0.5, 0.6) is 11.5 Å². The van der Waals surface area contributed by atoms with Crippen LogP contribution in [0.1, 0.15) is 49.7 Å². The van der Waals surface area contributed by atoms with E-state index in [9.17, 15) is 8.78 Å². The summed E-state index contributed by atoms with van der Waals surface area (Å²) in [5.74, 6) is 1.06.